The quantitative estimate of drug-likeness (QED) is 0.499. The number of hydrazone groups is 1. The van der Waals surface area contributed by atoms with Crippen LogP contribution in [0.3, 0.4) is 0 Å². The molecule has 0 aromatic heterocycles. The second-order valence-corrected chi connectivity index (χ2v) is 2.05. The molecule has 74 valence electrons. The van der Waals surface area contributed by atoms with E-state index in [-0.39, 0.29) is 18.7 Å². The molecule has 0 aliphatic carbocycles. The zero-order chi connectivity index (χ0) is 10.3. The predicted octanol–water partition coefficient (Wildman–Crippen LogP) is 0.583. The van der Waals surface area contributed by atoms with E-state index in [4.69, 9.17) is 5.11 Å². The summed E-state index contributed by atoms with van der Waals surface area (Å²) in [5.41, 5.74) is 1.84. The Morgan fingerprint density at radius 1 is 1.46 bits per heavy atom. The summed E-state index contributed by atoms with van der Waals surface area (Å²) in [5.74, 6) is -1.15. The Kier molecular flexibility index (Phi) is 5.25. The molecule has 6 nitrogen and oxygen atoms in total. The molecule has 13 heavy (non-hydrogen) atoms. The fourth-order valence-electron chi connectivity index (χ4n) is 0.555. The molecular formula is C7H12N2O4. The lowest BCUT2D eigenvalue weighted by atomic mass is 10.3. The van der Waals surface area contributed by atoms with Crippen molar-refractivity contribution in [3.8, 4) is 0 Å². The average Bonchev–Trinajstić information content (AvgIpc) is 2.05. The van der Waals surface area contributed by atoms with E-state index in [0.29, 0.717) is 0 Å². The third-order valence-electron chi connectivity index (χ3n) is 1.14. The minimum absolute atomic E-state index is 0.118. The van der Waals surface area contributed by atoms with Gasteiger partial charge in [0.05, 0.1) is 6.61 Å². The molecule has 0 heterocycles. The zero-order valence-corrected chi connectivity index (χ0v) is 7.53. The maximum atomic E-state index is 10.7. The van der Waals surface area contributed by atoms with Gasteiger partial charge in [-0.2, -0.15) is 5.10 Å². The molecular weight excluding hydrogens is 176 g/mol. The summed E-state index contributed by atoms with van der Waals surface area (Å²) in [4.78, 5) is 21.0. The Balaban J connectivity index is 4.06. The molecule has 0 saturated carbocycles. The highest BCUT2D eigenvalue weighted by Crippen LogP contribution is 1.85. The van der Waals surface area contributed by atoms with Crippen molar-refractivity contribution in [2.45, 2.75) is 20.3 Å². The number of carbonyl (C=O) groups excluding carboxylic acids is 1. The van der Waals surface area contributed by atoms with Crippen LogP contribution in [0.4, 0.5) is 4.79 Å². The van der Waals surface area contributed by atoms with E-state index in [1.165, 1.54) is 0 Å². The first-order valence-corrected chi connectivity index (χ1v) is 3.84. The molecule has 0 bridgehead atoms. The van der Waals surface area contributed by atoms with E-state index in [1.807, 2.05) is 5.43 Å². The summed E-state index contributed by atoms with van der Waals surface area (Å²) < 4.78 is 4.47. The number of ether oxygens (including phenoxy) is 1. The van der Waals surface area contributed by atoms with Crippen molar-refractivity contribution in [2.75, 3.05) is 6.61 Å². The van der Waals surface area contributed by atoms with Gasteiger partial charge in [0.25, 0.3) is 0 Å². The van der Waals surface area contributed by atoms with Gasteiger partial charge in [0.15, 0.2) is 0 Å². The van der Waals surface area contributed by atoms with Gasteiger partial charge in [-0.1, -0.05) is 6.92 Å². The smallest absolute Gasteiger partial charge is 0.427 e. The van der Waals surface area contributed by atoms with Crippen LogP contribution in [0.2, 0.25) is 0 Å². The molecule has 0 atom stereocenters. The van der Waals surface area contributed by atoms with Crippen LogP contribution in [-0.2, 0) is 9.53 Å². The highest BCUT2D eigenvalue weighted by molar-refractivity contribution is 6.35. The van der Waals surface area contributed by atoms with Crippen molar-refractivity contribution < 1.29 is 19.4 Å². The van der Waals surface area contributed by atoms with Crippen molar-refractivity contribution in [2.24, 2.45) is 5.10 Å². The number of aliphatic carboxylic acids is 1. The minimum atomic E-state index is -1.15. The van der Waals surface area contributed by atoms with Gasteiger partial charge in [0.2, 0.25) is 0 Å². The molecule has 0 rings (SSSR count). The number of carbonyl (C=O) groups is 2. The molecule has 0 aromatic rings. The number of amides is 1. The van der Waals surface area contributed by atoms with Crippen LogP contribution in [0.25, 0.3) is 0 Å². The van der Waals surface area contributed by atoms with Crippen LogP contribution in [0.5, 0.6) is 0 Å². The summed E-state index contributed by atoms with van der Waals surface area (Å²) in [6.45, 7) is 3.48. The number of nitrogens with zero attached hydrogens (tertiary/aromatic N) is 1. The summed E-state index contributed by atoms with van der Waals surface area (Å²) in [5, 5.41) is 11.8. The highest BCUT2D eigenvalue weighted by atomic mass is 16.5. The molecule has 0 aliphatic rings. The summed E-state index contributed by atoms with van der Waals surface area (Å²) in [6, 6.07) is 0. The van der Waals surface area contributed by atoms with E-state index in [0.717, 1.165) is 0 Å². The molecule has 0 saturated heterocycles. The van der Waals surface area contributed by atoms with Crippen molar-refractivity contribution in [3.63, 3.8) is 0 Å². The van der Waals surface area contributed by atoms with Gasteiger partial charge in [-0.25, -0.2) is 15.0 Å². The Morgan fingerprint density at radius 2 is 2.08 bits per heavy atom. The topological polar surface area (TPSA) is 88.0 Å². The minimum Gasteiger partial charge on any atom is -0.477 e. The largest absolute Gasteiger partial charge is 0.477 e. The average molecular weight is 188 g/mol. The predicted molar refractivity (Wildman–Crippen MR) is 45.5 cm³/mol. The second-order valence-electron chi connectivity index (χ2n) is 2.05. The first-order valence-electron chi connectivity index (χ1n) is 3.84. The van der Waals surface area contributed by atoms with Crippen LogP contribution >= 0.6 is 0 Å². The van der Waals surface area contributed by atoms with E-state index in [9.17, 15) is 9.59 Å². The van der Waals surface area contributed by atoms with E-state index >= 15 is 0 Å². The van der Waals surface area contributed by atoms with Crippen molar-refractivity contribution in [1.29, 1.82) is 0 Å². The molecule has 0 radical (unpaired) electrons. The lowest BCUT2D eigenvalue weighted by Crippen LogP contribution is -2.23. The highest BCUT2D eigenvalue weighted by Gasteiger charge is 2.07. The van der Waals surface area contributed by atoms with Gasteiger partial charge in [-0.3, -0.25) is 0 Å². The zero-order valence-electron chi connectivity index (χ0n) is 7.53. The molecule has 0 unspecified atom stereocenters. The van der Waals surface area contributed by atoms with Crippen LogP contribution in [0.1, 0.15) is 20.3 Å². The van der Waals surface area contributed by atoms with Crippen LogP contribution in [0.15, 0.2) is 5.10 Å². The normalized spacial score (nSPS) is 10.8. The Morgan fingerprint density at radius 3 is 2.46 bits per heavy atom. The Bertz CT molecular complexity index is 225. The molecule has 2 N–H and O–H groups in total. The van der Waals surface area contributed by atoms with E-state index in [2.05, 4.69) is 9.84 Å². The van der Waals surface area contributed by atoms with Gasteiger partial charge in [0.1, 0.15) is 5.71 Å². The number of rotatable bonds is 4. The lowest BCUT2D eigenvalue weighted by Gasteiger charge is -2.00. The van der Waals surface area contributed by atoms with Gasteiger partial charge >= 0.3 is 12.1 Å². The fourth-order valence-corrected chi connectivity index (χ4v) is 0.555. The number of carboxylic acids is 1. The summed E-state index contributed by atoms with van der Waals surface area (Å²) >= 11 is 0. The Labute approximate surface area is 75.6 Å². The SMILES string of the molecule is CCOC(=O)NN=C(CC)C(=O)O. The third-order valence-corrected chi connectivity index (χ3v) is 1.14. The molecule has 0 spiro atoms. The number of hydrogen-bond donors (Lipinski definition) is 2. The number of hydrogen-bond acceptors (Lipinski definition) is 4. The third kappa shape index (κ3) is 4.78. The first kappa shape index (κ1) is 11.4. The van der Waals surface area contributed by atoms with Gasteiger partial charge < -0.3 is 9.84 Å². The van der Waals surface area contributed by atoms with Crippen LogP contribution < -0.4 is 5.43 Å². The number of carboxylic acid groups (broad SMARTS) is 1. The molecule has 0 fully saturated rings. The Hall–Kier alpha value is -1.59. The molecule has 0 aliphatic heterocycles. The monoisotopic (exact) mass is 188 g/mol. The summed E-state index contributed by atoms with van der Waals surface area (Å²) in [6.07, 6.45) is -0.517. The van der Waals surface area contributed by atoms with Gasteiger partial charge in [0, 0.05) is 0 Å². The fraction of sp³-hybridized carbons (Fsp3) is 0.571. The lowest BCUT2D eigenvalue weighted by molar-refractivity contribution is -0.129. The first-order chi connectivity index (χ1) is 6.11. The van der Waals surface area contributed by atoms with Crippen molar-refractivity contribution in [3.05, 3.63) is 0 Å². The molecule has 0 aromatic carbocycles. The van der Waals surface area contributed by atoms with Crippen molar-refractivity contribution in [1.82, 2.24) is 5.43 Å². The molecule has 6 heteroatoms. The number of nitrogens with one attached hydrogen (secondary N) is 1. The second kappa shape index (κ2) is 5.99. The van der Waals surface area contributed by atoms with E-state index < -0.39 is 12.1 Å². The molecule has 1 amide bonds. The standard InChI is InChI=1S/C7H12N2O4/c1-3-5(6(10)11)8-9-7(12)13-4-2/h3-4H2,1-2H3,(H,9,12)(H,10,11). The maximum Gasteiger partial charge on any atom is 0.427 e. The maximum absolute atomic E-state index is 10.7. The van der Waals surface area contributed by atoms with E-state index in [1.54, 1.807) is 13.8 Å². The van der Waals surface area contributed by atoms with Crippen molar-refractivity contribution >= 4 is 17.8 Å². The van der Waals surface area contributed by atoms with Crippen LogP contribution in [0, 0.1) is 0 Å². The van der Waals surface area contributed by atoms with Gasteiger partial charge in [-0.05, 0) is 13.3 Å². The van der Waals surface area contributed by atoms with Gasteiger partial charge in [-0.15, -0.1) is 0 Å². The van der Waals surface area contributed by atoms with Crippen LogP contribution in [-0.4, -0.2) is 29.5 Å². The summed E-state index contributed by atoms with van der Waals surface area (Å²) in [7, 11) is 0.